The number of esters is 2. The van der Waals surface area contributed by atoms with Crippen LogP contribution in [0, 0.1) is 0 Å². The molecule has 0 atom stereocenters. The van der Waals surface area contributed by atoms with Gasteiger partial charge in [0.1, 0.15) is 0 Å². The van der Waals surface area contributed by atoms with Crippen LogP contribution in [0.2, 0.25) is 0 Å². The molecule has 1 fully saturated rings. The van der Waals surface area contributed by atoms with E-state index in [4.69, 9.17) is 4.74 Å². The standard InChI is InChI=1S/C8H13NO4/c1-12-4-2-3-9-5-7(10)13-8(11)6-9/h2-6H2,1H3. The Balaban J connectivity index is 2.25. The Labute approximate surface area is 76.6 Å². The van der Waals surface area contributed by atoms with Crippen molar-refractivity contribution in [3.63, 3.8) is 0 Å². The van der Waals surface area contributed by atoms with Gasteiger partial charge in [-0.3, -0.25) is 14.5 Å². The molecule has 5 nitrogen and oxygen atoms in total. The van der Waals surface area contributed by atoms with E-state index in [1.54, 1.807) is 12.0 Å². The number of hydrogen-bond donors (Lipinski definition) is 0. The molecular weight excluding hydrogens is 174 g/mol. The fourth-order valence-corrected chi connectivity index (χ4v) is 1.20. The second-order valence-electron chi connectivity index (χ2n) is 2.90. The first-order valence-electron chi connectivity index (χ1n) is 4.17. The molecule has 0 amide bonds. The van der Waals surface area contributed by atoms with Crippen molar-refractivity contribution in [1.29, 1.82) is 0 Å². The van der Waals surface area contributed by atoms with Crippen LogP contribution < -0.4 is 0 Å². The smallest absolute Gasteiger partial charge is 0.327 e. The van der Waals surface area contributed by atoms with Crippen LogP contribution in [0.3, 0.4) is 0 Å². The van der Waals surface area contributed by atoms with Crippen LogP contribution >= 0.6 is 0 Å². The van der Waals surface area contributed by atoms with Crippen molar-refractivity contribution in [3.05, 3.63) is 0 Å². The summed E-state index contributed by atoms with van der Waals surface area (Å²) in [5.41, 5.74) is 0. The second kappa shape index (κ2) is 4.94. The summed E-state index contributed by atoms with van der Waals surface area (Å²) < 4.78 is 9.23. The predicted molar refractivity (Wildman–Crippen MR) is 44.0 cm³/mol. The van der Waals surface area contributed by atoms with E-state index in [-0.39, 0.29) is 13.1 Å². The molecule has 0 aromatic heterocycles. The zero-order valence-electron chi connectivity index (χ0n) is 7.62. The number of morpholine rings is 1. The molecular formula is C8H13NO4. The molecule has 1 aliphatic heterocycles. The highest BCUT2D eigenvalue weighted by atomic mass is 16.6. The molecule has 0 N–H and O–H groups in total. The summed E-state index contributed by atoms with van der Waals surface area (Å²) in [4.78, 5) is 23.4. The summed E-state index contributed by atoms with van der Waals surface area (Å²) in [6, 6.07) is 0. The third-order valence-electron chi connectivity index (χ3n) is 1.76. The van der Waals surface area contributed by atoms with E-state index in [0.29, 0.717) is 13.2 Å². The number of carbonyl (C=O) groups excluding carboxylic acids is 2. The third-order valence-corrected chi connectivity index (χ3v) is 1.76. The molecule has 1 saturated heterocycles. The minimum Gasteiger partial charge on any atom is -0.391 e. The van der Waals surface area contributed by atoms with Crippen LogP contribution in [0.15, 0.2) is 0 Å². The van der Waals surface area contributed by atoms with Gasteiger partial charge in [0.25, 0.3) is 0 Å². The Bertz CT molecular complexity index is 188. The third kappa shape index (κ3) is 3.52. The van der Waals surface area contributed by atoms with Crippen LogP contribution in [-0.4, -0.2) is 50.2 Å². The highest BCUT2D eigenvalue weighted by molar-refractivity contribution is 5.90. The second-order valence-corrected chi connectivity index (χ2v) is 2.90. The maximum atomic E-state index is 10.8. The first-order valence-corrected chi connectivity index (χ1v) is 4.17. The highest BCUT2D eigenvalue weighted by Gasteiger charge is 2.23. The number of rotatable bonds is 4. The largest absolute Gasteiger partial charge is 0.391 e. The van der Waals surface area contributed by atoms with Gasteiger partial charge in [-0.1, -0.05) is 0 Å². The molecule has 0 unspecified atom stereocenters. The number of nitrogens with zero attached hydrogens (tertiary/aromatic N) is 1. The summed E-state index contributed by atoms with van der Waals surface area (Å²) in [5.74, 6) is -0.928. The van der Waals surface area contributed by atoms with Gasteiger partial charge in [-0.05, 0) is 6.42 Å². The zero-order valence-corrected chi connectivity index (χ0v) is 7.62. The van der Waals surface area contributed by atoms with Crippen molar-refractivity contribution in [1.82, 2.24) is 4.90 Å². The number of ether oxygens (including phenoxy) is 2. The van der Waals surface area contributed by atoms with E-state index in [1.165, 1.54) is 0 Å². The van der Waals surface area contributed by atoms with Gasteiger partial charge < -0.3 is 9.47 Å². The predicted octanol–water partition coefficient (Wildman–Crippen LogP) is -0.592. The van der Waals surface area contributed by atoms with Crippen molar-refractivity contribution in [2.45, 2.75) is 6.42 Å². The molecule has 13 heavy (non-hydrogen) atoms. The molecule has 0 aliphatic carbocycles. The molecule has 0 radical (unpaired) electrons. The van der Waals surface area contributed by atoms with Gasteiger partial charge in [-0.15, -0.1) is 0 Å². The fraction of sp³-hybridized carbons (Fsp3) is 0.750. The van der Waals surface area contributed by atoms with E-state index in [1.807, 2.05) is 0 Å². The van der Waals surface area contributed by atoms with E-state index in [9.17, 15) is 9.59 Å². The summed E-state index contributed by atoms with van der Waals surface area (Å²) >= 11 is 0. The van der Waals surface area contributed by atoms with Gasteiger partial charge in [0.05, 0.1) is 13.1 Å². The van der Waals surface area contributed by atoms with Crippen molar-refractivity contribution in [3.8, 4) is 0 Å². The van der Waals surface area contributed by atoms with Crippen LogP contribution in [0.1, 0.15) is 6.42 Å². The van der Waals surface area contributed by atoms with Crippen LogP contribution in [-0.2, 0) is 19.1 Å². The Morgan fingerprint density at radius 1 is 1.38 bits per heavy atom. The van der Waals surface area contributed by atoms with Gasteiger partial charge in [-0.2, -0.15) is 0 Å². The maximum Gasteiger partial charge on any atom is 0.327 e. The Hall–Kier alpha value is -0.940. The SMILES string of the molecule is COCCCN1CC(=O)OC(=O)C1. The van der Waals surface area contributed by atoms with E-state index in [0.717, 1.165) is 6.42 Å². The number of methoxy groups -OCH3 is 1. The van der Waals surface area contributed by atoms with Crippen LogP contribution in [0.4, 0.5) is 0 Å². The van der Waals surface area contributed by atoms with Gasteiger partial charge >= 0.3 is 11.9 Å². The van der Waals surface area contributed by atoms with Crippen molar-refractivity contribution < 1.29 is 19.1 Å². The topological polar surface area (TPSA) is 55.8 Å². The van der Waals surface area contributed by atoms with Crippen molar-refractivity contribution in [2.75, 3.05) is 33.4 Å². The summed E-state index contributed by atoms with van der Waals surface area (Å²) in [6.45, 7) is 1.74. The normalized spacial score (nSPS) is 18.8. The van der Waals surface area contributed by atoms with Crippen molar-refractivity contribution in [2.24, 2.45) is 0 Å². The summed E-state index contributed by atoms with van der Waals surface area (Å²) in [6.07, 6.45) is 0.817. The summed E-state index contributed by atoms with van der Waals surface area (Å²) in [5, 5.41) is 0. The average Bonchev–Trinajstić information content (AvgIpc) is 2.03. The first kappa shape index (κ1) is 10.1. The number of carbonyl (C=O) groups is 2. The molecule has 1 heterocycles. The number of cyclic esters (lactones) is 2. The lowest BCUT2D eigenvalue weighted by Crippen LogP contribution is -2.43. The Kier molecular flexibility index (Phi) is 3.85. The first-order chi connectivity index (χ1) is 6.22. The van der Waals surface area contributed by atoms with Gasteiger partial charge in [0.15, 0.2) is 0 Å². The molecule has 0 aromatic rings. The number of hydrogen-bond acceptors (Lipinski definition) is 5. The average molecular weight is 187 g/mol. The molecule has 1 aliphatic rings. The molecule has 0 aromatic carbocycles. The minimum absolute atomic E-state index is 0.204. The van der Waals surface area contributed by atoms with Gasteiger partial charge in [-0.25, -0.2) is 0 Å². The Morgan fingerprint density at radius 3 is 2.54 bits per heavy atom. The van der Waals surface area contributed by atoms with Crippen molar-refractivity contribution >= 4 is 11.9 Å². The monoisotopic (exact) mass is 187 g/mol. The quantitative estimate of drug-likeness (QED) is 0.334. The molecule has 5 heteroatoms. The molecule has 74 valence electrons. The molecule has 0 saturated carbocycles. The van der Waals surface area contributed by atoms with Gasteiger partial charge in [0, 0.05) is 20.3 Å². The lowest BCUT2D eigenvalue weighted by atomic mass is 10.3. The summed E-state index contributed by atoms with van der Waals surface area (Å²) in [7, 11) is 1.62. The maximum absolute atomic E-state index is 10.8. The van der Waals surface area contributed by atoms with E-state index in [2.05, 4.69) is 4.74 Å². The molecule has 1 rings (SSSR count). The van der Waals surface area contributed by atoms with Crippen LogP contribution in [0.25, 0.3) is 0 Å². The van der Waals surface area contributed by atoms with E-state index >= 15 is 0 Å². The van der Waals surface area contributed by atoms with Gasteiger partial charge in [0.2, 0.25) is 0 Å². The lowest BCUT2D eigenvalue weighted by Gasteiger charge is -2.23. The fourth-order valence-electron chi connectivity index (χ4n) is 1.20. The van der Waals surface area contributed by atoms with E-state index < -0.39 is 11.9 Å². The van der Waals surface area contributed by atoms with Crippen LogP contribution in [0.5, 0.6) is 0 Å². The lowest BCUT2D eigenvalue weighted by molar-refractivity contribution is -0.166. The minimum atomic E-state index is -0.464. The highest BCUT2D eigenvalue weighted by Crippen LogP contribution is 2.00. The molecule has 0 spiro atoms. The Morgan fingerprint density at radius 2 is 2.00 bits per heavy atom. The molecule has 0 bridgehead atoms. The zero-order chi connectivity index (χ0) is 9.68.